The van der Waals surface area contributed by atoms with Gasteiger partial charge in [-0.1, -0.05) is 25.2 Å². The Balaban J connectivity index is 1.57. The fourth-order valence-corrected chi connectivity index (χ4v) is 5.97. The number of likely N-dealkylation sites (N-methyl/N-ethyl adjacent to an activating group) is 1. The van der Waals surface area contributed by atoms with Gasteiger partial charge in [-0.2, -0.15) is 8.78 Å². The van der Waals surface area contributed by atoms with Crippen molar-refractivity contribution in [1.29, 1.82) is 0 Å². The largest absolute Gasteiger partial charge is 0.435 e. The van der Waals surface area contributed by atoms with E-state index in [4.69, 9.17) is 4.74 Å². The van der Waals surface area contributed by atoms with E-state index in [1.165, 1.54) is 11.0 Å². The molecular weight excluding hydrogens is 510 g/mol. The summed E-state index contributed by atoms with van der Waals surface area (Å²) in [6, 6.07) is 3.59. The third-order valence-electron chi connectivity index (χ3n) is 7.95. The highest BCUT2D eigenvalue weighted by Crippen LogP contribution is 2.49. The van der Waals surface area contributed by atoms with Crippen LogP contribution in [0.15, 0.2) is 42.0 Å². The molecule has 3 amide bonds. The maximum absolute atomic E-state index is 14.0. The van der Waals surface area contributed by atoms with Crippen LogP contribution >= 0.6 is 0 Å². The molecule has 3 heterocycles. The lowest BCUT2D eigenvalue weighted by Gasteiger charge is -2.43. The van der Waals surface area contributed by atoms with Crippen LogP contribution < -0.4 is 4.74 Å². The Kier molecular flexibility index (Phi) is 7.49. The molecular formula is C28H34F2N4O5. The summed E-state index contributed by atoms with van der Waals surface area (Å²) in [7, 11) is 1.63. The van der Waals surface area contributed by atoms with Crippen molar-refractivity contribution in [3.63, 3.8) is 0 Å². The SMILES string of the molecule is CCN(CCOC)CCN1C(=O)N2[C@H](C3=CC(O)CC=C3)c3[nH]c4ccc(OC(F)F)cc4c3C[C@@]2(C)C1=O. The van der Waals surface area contributed by atoms with Crippen LogP contribution in [0, 0.1) is 0 Å². The lowest BCUT2D eigenvalue weighted by molar-refractivity contribution is -0.133. The number of urea groups is 1. The zero-order valence-corrected chi connectivity index (χ0v) is 22.3. The monoisotopic (exact) mass is 544 g/mol. The van der Waals surface area contributed by atoms with E-state index in [0.29, 0.717) is 48.3 Å². The number of amides is 3. The molecule has 2 aliphatic heterocycles. The van der Waals surface area contributed by atoms with Crippen molar-refractivity contribution >= 4 is 22.8 Å². The van der Waals surface area contributed by atoms with E-state index in [9.17, 15) is 23.5 Å². The zero-order chi connectivity index (χ0) is 27.9. The molecule has 210 valence electrons. The smallest absolute Gasteiger partial charge is 0.387 e. The number of nitrogens with one attached hydrogen (secondary N) is 1. The van der Waals surface area contributed by atoms with Gasteiger partial charge in [0.1, 0.15) is 17.3 Å². The van der Waals surface area contributed by atoms with Gasteiger partial charge in [-0.3, -0.25) is 19.5 Å². The number of aliphatic hydroxyl groups is 1. The van der Waals surface area contributed by atoms with Crippen LogP contribution in [-0.4, -0.2) is 94.9 Å². The van der Waals surface area contributed by atoms with Crippen molar-refractivity contribution in [3.8, 4) is 5.75 Å². The number of fused-ring (bicyclic) bond motifs is 4. The summed E-state index contributed by atoms with van der Waals surface area (Å²) in [5, 5.41) is 11.1. The molecule has 3 aliphatic rings. The number of imide groups is 1. The van der Waals surface area contributed by atoms with E-state index < -0.39 is 30.3 Å². The number of nitrogens with zero attached hydrogens (tertiary/aromatic N) is 3. The summed E-state index contributed by atoms with van der Waals surface area (Å²) < 4.78 is 35.7. The van der Waals surface area contributed by atoms with E-state index in [1.807, 2.05) is 19.1 Å². The molecule has 2 N–H and O–H groups in total. The first-order chi connectivity index (χ1) is 18.7. The summed E-state index contributed by atoms with van der Waals surface area (Å²) in [6.45, 7) is 3.52. The van der Waals surface area contributed by atoms with Crippen LogP contribution in [0.3, 0.4) is 0 Å². The lowest BCUT2D eigenvalue weighted by Crippen LogP contribution is -2.53. The second kappa shape index (κ2) is 10.7. The van der Waals surface area contributed by atoms with Gasteiger partial charge in [0.05, 0.1) is 12.7 Å². The summed E-state index contributed by atoms with van der Waals surface area (Å²) in [6.07, 6.45) is 5.36. The molecule has 1 aromatic heterocycles. The second-order valence-corrected chi connectivity index (χ2v) is 10.4. The molecule has 0 bridgehead atoms. The van der Waals surface area contributed by atoms with Gasteiger partial charge in [-0.05, 0) is 49.2 Å². The first-order valence-corrected chi connectivity index (χ1v) is 13.2. The average molecular weight is 545 g/mol. The van der Waals surface area contributed by atoms with E-state index >= 15 is 0 Å². The van der Waals surface area contributed by atoms with E-state index in [1.54, 1.807) is 37.1 Å². The Morgan fingerprint density at radius 1 is 1.28 bits per heavy atom. The topological polar surface area (TPSA) is 98.3 Å². The van der Waals surface area contributed by atoms with Crippen LogP contribution in [0.4, 0.5) is 13.6 Å². The molecule has 1 aliphatic carbocycles. The van der Waals surface area contributed by atoms with Crippen molar-refractivity contribution in [3.05, 3.63) is 53.3 Å². The number of aliphatic hydroxyl groups excluding tert-OH is 1. The molecule has 1 saturated heterocycles. The number of methoxy groups -OCH3 is 1. The molecule has 0 spiro atoms. The number of aromatic nitrogens is 1. The van der Waals surface area contributed by atoms with Crippen molar-refractivity contribution in [2.75, 3.05) is 39.9 Å². The minimum absolute atomic E-state index is 0.0156. The number of hydrogen-bond donors (Lipinski definition) is 2. The standard InChI is InChI=1S/C28H34F2N4O5/c1-4-32(12-13-38-3)10-11-33-25(36)28(2)16-21-20-15-19(39-26(29)30)8-9-22(20)31-23(21)24(34(28)27(33)37)17-6-5-7-18(35)14-17/h5-6,8-9,14-15,18,24,26,31,35H,4,7,10-13,16H2,1-3H3/t18?,24-,28+/m1/s1. The van der Waals surface area contributed by atoms with Gasteiger partial charge in [-0.15, -0.1) is 0 Å². The number of carbonyl (C=O) groups is 2. The van der Waals surface area contributed by atoms with E-state index in [2.05, 4.69) is 14.6 Å². The Morgan fingerprint density at radius 3 is 2.77 bits per heavy atom. The molecule has 1 aromatic carbocycles. The molecule has 11 heteroatoms. The van der Waals surface area contributed by atoms with Crippen LogP contribution in [0.25, 0.3) is 10.9 Å². The number of rotatable bonds is 10. The molecule has 39 heavy (non-hydrogen) atoms. The van der Waals surface area contributed by atoms with Crippen LogP contribution in [0.2, 0.25) is 0 Å². The number of carbonyl (C=O) groups excluding carboxylic acids is 2. The van der Waals surface area contributed by atoms with Gasteiger partial charge in [0.15, 0.2) is 0 Å². The molecule has 1 unspecified atom stereocenters. The van der Waals surface area contributed by atoms with Gasteiger partial charge < -0.3 is 19.6 Å². The van der Waals surface area contributed by atoms with E-state index in [0.717, 1.165) is 12.1 Å². The quantitative estimate of drug-likeness (QED) is 0.444. The Labute approximate surface area is 225 Å². The molecule has 5 rings (SSSR count). The van der Waals surface area contributed by atoms with Crippen molar-refractivity contribution in [1.82, 2.24) is 19.7 Å². The first-order valence-electron chi connectivity index (χ1n) is 13.2. The summed E-state index contributed by atoms with van der Waals surface area (Å²) >= 11 is 0. The summed E-state index contributed by atoms with van der Waals surface area (Å²) in [5.41, 5.74) is 1.63. The van der Waals surface area contributed by atoms with Crippen LogP contribution in [0.5, 0.6) is 5.75 Å². The minimum atomic E-state index is -2.97. The average Bonchev–Trinajstić information content (AvgIpc) is 3.34. The fraction of sp³-hybridized carbons (Fsp3) is 0.500. The van der Waals surface area contributed by atoms with Gasteiger partial charge >= 0.3 is 12.6 Å². The number of H-pyrrole nitrogens is 1. The van der Waals surface area contributed by atoms with Crippen molar-refractivity contribution < 1.29 is 33.0 Å². The molecule has 0 radical (unpaired) electrons. The van der Waals surface area contributed by atoms with Crippen LogP contribution in [0.1, 0.15) is 37.6 Å². The van der Waals surface area contributed by atoms with Gasteiger partial charge in [-0.25, -0.2) is 4.79 Å². The molecule has 3 atom stereocenters. The second-order valence-electron chi connectivity index (χ2n) is 10.4. The number of halogens is 2. The predicted octanol–water partition coefficient (Wildman–Crippen LogP) is 3.60. The normalized spacial score (nSPS) is 24.7. The highest BCUT2D eigenvalue weighted by molar-refractivity contribution is 6.08. The number of hydrogen-bond acceptors (Lipinski definition) is 6. The summed E-state index contributed by atoms with van der Waals surface area (Å²) in [5.74, 6) is -0.289. The Hall–Kier alpha value is -3.28. The highest BCUT2D eigenvalue weighted by atomic mass is 19.3. The zero-order valence-electron chi connectivity index (χ0n) is 22.3. The van der Waals surface area contributed by atoms with Crippen LogP contribution in [-0.2, 0) is 16.0 Å². The fourth-order valence-electron chi connectivity index (χ4n) is 5.97. The molecule has 0 saturated carbocycles. The highest BCUT2D eigenvalue weighted by Gasteiger charge is 2.60. The predicted molar refractivity (Wildman–Crippen MR) is 141 cm³/mol. The van der Waals surface area contributed by atoms with Gasteiger partial charge in [0.2, 0.25) is 0 Å². The minimum Gasteiger partial charge on any atom is -0.435 e. The third kappa shape index (κ3) is 4.83. The number of aromatic amines is 1. The summed E-state index contributed by atoms with van der Waals surface area (Å²) in [4.78, 5) is 36.3. The molecule has 2 aromatic rings. The number of benzene rings is 1. The Bertz CT molecular complexity index is 1320. The number of ether oxygens (including phenoxy) is 2. The van der Waals surface area contributed by atoms with Gasteiger partial charge in [0.25, 0.3) is 5.91 Å². The first kappa shape index (κ1) is 27.3. The molecule has 9 nitrogen and oxygen atoms in total. The maximum Gasteiger partial charge on any atom is 0.387 e. The maximum atomic E-state index is 14.0. The van der Waals surface area contributed by atoms with Gasteiger partial charge in [0, 0.05) is 49.8 Å². The van der Waals surface area contributed by atoms with Crippen molar-refractivity contribution in [2.24, 2.45) is 0 Å². The Morgan fingerprint density at radius 2 is 2.08 bits per heavy atom. The number of alkyl halides is 2. The third-order valence-corrected chi connectivity index (χ3v) is 7.95. The van der Waals surface area contributed by atoms with E-state index in [-0.39, 0.29) is 24.6 Å². The lowest BCUT2D eigenvalue weighted by atomic mass is 9.80. The molecule has 1 fully saturated rings. The van der Waals surface area contributed by atoms with Crippen molar-refractivity contribution in [2.45, 2.75) is 51.0 Å².